The molecule has 33 heavy (non-hydrogen) atoms. The van der Waals surface area contributed by atoms with Gasteiger partial charge in [-0.3, -0.25) is 25.1 Å². The van der Waals surface area contributed by atoms with E-state index in [9.17, 15) is 24.0 Å². The minimum atomic E-state index is -1.80. The van der Waals surface area contributed by atoms with Crippen molar-refractivity contribution in [3.8, 4) is 0 Å². The molecule has 6 amide bonds. The Kier molecular flexibility index (Phi) is 13.1. The fourth-order valence-electron chi connectivity index (χ4n) is 3.18. The Bertz CT molecular complexity index is 694. The fraction of sp³-hybridized carbons (Fsp3) is 0.667. The second-order valence-electron chi connectivity index (χ2n) is 8.54. The van der Waals surface area contributed by atoms with Gasteiger partial charge in [0.2, 0.25) is 0 Å². The normalized spacial score (nSPS) is 18.1. The third kappa shape index (κ3) is 9.21. The molecule has 11 nitrogen and oxygen atoms in total. The molecular formula is C21H35N5O6Y-2. The van der Waals surface area contributed by atoms with E-state index in [1.54, 1.807) is 20.8 Å². The van der Waals surface area contributed by atoms with Crippen LogP contribution in [0.25, 0.3) is 0 Å². The van der Waals surface area contributed by atoms with Crippen LogP contribution in [0.3, 0.4) is 0 Å². The summed E-state index contributed by atoms with van der Waals surface area (Å²) in [6.07, 6.45) is 3.16. The van der Waals surface area contributed by atoms with E-state index in [2.05, 4.69) is 36.7 Å². The number of ether oxygens (including phenoxy) is 1. The van der Waals surface area contributed by atoms with Gasteiger partial charge in [0.1, 0.15) is 5.60 Å². The molecule has 0 bridgehead atoms. The van der Waals surface area contributed by atoms with Crippen LogP contribution in [0.4, 0.5) is 9.59 Å². The van der Waals surface area contributed by atoms with Gasteiger partial charge in [-0.2, -0.15) is 6.42 Å². The van der Waals surface area contributed by atoms with Crippen LogP contribution in [0.1, 0.15) is 47.0 Å². The average molecular weight is 542 g/mol. The van der Waals surface area contributed by atoms with E-state index in [1.165, 1.54) is 22.6 Å². The third-order valence-corrected chi connectivity index (χ3v) is 4.82. The van der Waals surface area contributed by atoms with Gasteiger partial charge in [-0.15, -0.1) is 0 Å². The van der Waals surface area contributed by atoms with Crippen molar-refractivity contribution in [2.24, 2.45) is 0 Å². The molecule has 2 aliphatic rings. The molecule has 0 unspecified atom stereocenters. The molecule has 0 aromatic carbocycles. The van der Waals surface area contributed by atoms with Crippen molar-refractivity contribution in [2.45, 2.75) is 58.1 Å². The predicted molar refractivity (Wildman–Crippen MR) is 117 cm³/mol. The zero-order chi connectivity index (χ0) is 24.5. The molecule has 185 valence electrons. The van der Waals surface area contributed by atoms with E-state index in [-0.39, 0.29) is 65.4 Å². The van der Waals surface area contributed by atoms with Crippen LogP contribution >= 0.6 is 0 Å². The van der Waals surface area contributed by atoms with Crippen molar-refractivity contribution in [3.63, 3.8) is 0 Å². The SMILES string of the molecule is [CH2-]C(=O)NCC1(N2CCN(C(=O)OC(C)(C)C)CC2)C(=O)NC(=O)NC1=O.[CH2-]CCCC.[Y]. The molecule has 3 N–H and O–H groups in total. The van der Waals surface area contributed by atoms with Crippen LogP contribution in [0.15, 0.2) is 0 Å². The number of nitrogens with zero attached hydrogens (tertiary/aromatic N) is 2. The minimum absolute atomic E-state index is 0. The summed E-state index contributed by atoms with van der Waals surface area (Å²) in [6, 6.07) is -0.922. The maximum Gasteiger partial charge on any atom is 0.410 e. The molecule has 0 aromatic heterocycles. The van der Waals surface area contributed by atoms with Crippen molar-refractivity contribution in [3.05, 3.63) is 13.8 Å². The van der Waals surface area contributed by atoms with Gasteiger partial charge in [-0.1, -0.05) is 19.8 Å². The number of amides is 6. The quantitative estimate of drug-likeness (QED) is 0.342. The molecule has 0 saturated carbocycles. The molecule has 2 fully saturated rings. The van der Waals surface area contributed by atoms with Gasteiger partial charge in [0.25, 0.3) is 11.8 Å². The molecule has 0 spiro atoms. The average Bonchev–Trinajstić information content (AvgIpc) is 2.67. The molecule has 0 aliphatic carbocycles. The Labute approximate surface area is 221 Å². The monoisotopic (exact) mass is 542 g/mol. The Hall–Kier alpha value is -1.72. The molecule has 2 heterocycles. The van der Waals surface area contributed by atoms with E-state index >= 15 is 0 Å². The molecule has 2 rings (SSSR count). The number of hydrogen-bond acceptors (Lipinski definition) is 7. The number of barbiturate groups is 1. The van der Waals surface area contributed by atoms with Crippen molar-refractivity contribution >= 4 is 29.8 Å². The smallest absolute Gasteiger partial charge is 0.410 e. The number of piperazine rings is 1. The first-order valence-corrected chi connectivity index (χ1v) is 10.7. The predicted octanol–water partition coefficient (Wildman–Crippen LogP) is 0.602. The number of carbonyl (C=O) groups excluding carboxylic acids is 5. The first-order chi connectivity index (χ1) is 14.9. The molecule has 12 heteroatoms. The summed E-state index contributed by atoms with van der Waals surface area (Å²) in [5, 5.41) is 6.48. The van der Waals surface area contributed by atoms with Crippen LogP contribution < -0.4 is 16.0 Å². The number of rotatable bonds is 5. The Morgan fingerprint density at radius 3 is 1.97 bits per heavy atom. The summed E-state index contributed by atoms with van der Waals surface area (Å²) >= 11 is 0. The summed E-state index contributed by atoms with van der Waals surface area (Å²) < 4.78 is 5.32. The Balaban J connectivity index is 0.00000154. The van der Waals surface area contributed by atoms with Gasteiger partial charge < -0.3 is 33.6 Å². The standard InChI is InChI=1S/C16H24N5O6.C5H11.Y/c1-10(22)17-9-16(11(23)18-13(25)19-12(16)24)21-7-5-20(6-8-21)14(26)27-15(2,3)4;1-3-5-4-2;/h1,5-9H2,2-4H3,(H,17,22)(H2,18,19,23,24,25);1,3-5H2,2H3;/q2*-1;. The zero-order valence-electron chi connectivity index (χ0n) is 20.0. The number of carbonyl (C=O) groups is 5. The van der Waals surface area contributed by atoms with Crippen LogP contribution in [0.2, 0.25) is 0 Å². The van der Waals surface area contributed by atoms with Gasteiger partial charge in [0, 0.05) is 58.9 Å². The van der Waals surface area contributed by atoms with Crippen LogP contribution in [0, 0.1) is 13.8 Å². The summed E-state index contributed by atoms with van der Waals surface area (Å²) in [6.45, 7) is 14.7. The topological polar surface area (TPSA) is 137 Å². The third-order valence-electron chi connectivity index (χ3n) is 4.82. The van der Waals surface area contributed by atoms with Crippen LogP contribution in [-0.4, -0.2) is 83.5 Å². The fourth-order valence-corrected chi connectivity index (χ4v) is 3.18. The molecular weight excluding hydrogens is 507 g/mol. The van der Waals surface area contributed by atoms with Crippen molar-refractivity contribution in [2.75, 3.05) is 32.7 Å². The zero-order valence-corrected chi connectivity index (χ0v) is 22.8. The van der Waals surface area contributed by atoms with Crippen molar-refractivity contribution in [1.82, 2.24) is 25.8 Å². The van der Waals surface area contributed by atoms with Gasteiger partial charge in [0.05, 0.1) is 12.5 Å². The number of nitrogens with one attached hydrogen (secondary N) is 3. The number of hydrogen-bond donors (Lipinski definition) is 3. The van der Waals surface area contributed by atoms with Gasteiger partial charge in [0.15, 0.2) is 5.54 Å². The molecule has 0 atom stereocenters. The molecule has 1 radical (unpaired) electrons. The number of imide groups is 2. The van der Waals surface area contributed by atoms with Crippen LogP contribution in [-0.2, 0) is 51.8 Å². The Morgan fingerprint density at radius 1 is 1.09 bits per heavy atom. The van der Waals surface area contributed by atoms with E-state index in [4.69, 9.17) is 4.74 Å². The first-order valence-electron chi connectivity index (χ1n) is 10.7. The summed E-state index contributed by atoms with van der Waals surface area (Å²) in [4.78, 5) is 62.9. The van der Waals surface area contributed by atoms with E-state index < -0.39 is 41.0 Å². The Morgan fingerprint density at radius 2 is 1.61 bits per heavy atom. The minimum Gasteiger partial charge on any atom is -0.444 e. The summed E-state index contributed by atoms with van der Waals surface area (Å²) in [7, 11) is 0. The maximum absolute atomic E-state index is 12.5. The van der Waals surface area contributed by atoms with Gasteiger partial charge in [-0.05, 0) is 20.8 Å². The molecule has 2 aliphatic heterocycles. The number of unbranched alkanes of at least 4 members (excludes halogenated alkanes) is 2. The van der Waals surface area contributed by atoms with Gasteiger partial charge >= 0.3 is 12.1 Å². The second-order valence-corrected chi connectivity index (χ2v) is 8.54. The van der Waals surface area contributed by atoms with E-state index in [1.807, 2.05) is 0 Å². The van der Waals surface area contributed by atoms with E-state index in [0.717, 1.165) is 6.42 Å². The van der Waals surface area contributed by atoms with Crippen molar-refractivity contribution in [1.29, 1.82) is 0 Å². The second kappa shape index (κ2) is 13.9. The number of urea groups is 1. The van der Waals surface area contributed by atoms with Gasteiger partial charge in [-0.25, -0.2) is 9.59 Å². The summed E-state index contributed by atoms with van der Waals surface area (Å²) in [5.74, 6) is -2.34. The van der Waals surface area contributed by atoms with Crippen molar-refractivity contribution < 1.29 is 61.4 Å². The summed E-state index contributed by atoms with van der Waals surface area (Å²) in [5.41, 5.74) is -2.45. The van der Waals surface area contributed by atoms with E-state index in [0.29, 0.717) is 0 Å². The maximum atomic E-state index is 12.5. The molecule has 0 aromatic rings. The first kappa shape index (κ1) is 31.3. The van der Waals surface area contributed by atoms with Crippen LogP contribution in [0.5, 0.6) is 0 Å². The molecule has 2 saturated heterocycles. The largest absolute Gasteiger partial charge is 0.444 e.